The molecule has 0 heterocycles. The van der Waals surface area contributed by atoms with Crippen LogP contribution in [0.2, 0.25) is 0 Å². The lowest BCUT2D eigenvalue weighted by molar-refractivity contribution is -0.151. The van der Waals surface area contributed by atoms with E-state index in [0.29, 0.717) is 19.3 Å². The molecular weight excluding hydrogens is 458 g/mol. The van der Waals surface area contributed by atoms with Gasteiger partial charge in [-0.15, -0.1) is 0 Å². The van der Waals surface area contributed by atoms with Crippen molar-refractivity contribution < 1.29 is 33.0 Å². The summed E-state index contributed by atoms with van der Waals surface area (Å²) < 4.78 is 35.4. The first-order chi connectivity index (χ1) is 16.8. The van der Waals surface area contributed by atoms with Crippen molar-refractivity contribution >= 4 is 18.0 Å². The minimum Gasteiger partial charge on any atom is -0.481 e. The SMILES string of the molecule is O=C(NC(C1CC1)C(F)(F)C(=O)NCC1CC1C(=O)O)OCC1c2ccccc2-c2ccccc21. The average molecular weight is 484 g/mol. The highest BCUT2D eigenvalue weighted by molar-refractivity contribution is 5.85. The van der Waals surface area contributed by atoms with Crippen LogP contribution in [0.3, 0.4) is 0 Å². The van der Waals surface area contributed by atoms with E-state index in [0.717, 1.165) is 22.3 Å². The molecular formula is C26H26F2N2O5. The van der Waals surface area contributed by atoms with Crippen LogP contribution in [0.4, 0.5) is 13.6 Å². The number of ether oxygens (including phenoxy) is 1. The first-order valence-corrected chi connectivity index (χ1v) is 11.8. The van der Waals surface area contributed by atoms with Crippen molar-refractivity contribution in [3.63, 3.8) is 0 Å². The monoisotopic (exact) mass is 484 g/mol. The zero-order valence-electron chi connectivity index (χ0n) is 18.9. The average Bonchev–Trinajstić information content (AvgIpc) is 3.77. The Kier molecular flexibility index (Phi) is 5.94. The number of fused-ring (bicyclic) bond motifs is 3. The predicted molar refractivity (Wildman–Crippen MR) is 122 cm³/mol. The molecule has 3 aliphatic rings. The second-order valence-corrected chi connectivity index (χ2v) is 9.56. The Morgan fingerprint density at radius 3 is 2.17 bits per heavy atom. The lowest BCUT2D eigenvalue weighted by atomic mass is 9.98. The number of carboxylic acids is 1. The van der Waals surface area contributed by atoms with Crippen molar-refractivity contribution in [1.82, 2.24) is 10.6 Å². The minimum atomic E-state index is -3.85. The van der Waals surface area contributed by atoms with E-state index in [-0.39, 0.29) is 25.0 Å². The molecule has 0 saturated heterocycles. The van der Waals surface area contributed by atoms with E-state index in [4.69, 9.17) is 9.84 Å². The summed E-state index contributed by atoms with van der Waals surface area (Å²) >= 11 is 0. The molecule has 2 amide bonds. The molecule has 2 aromatic rings. The van der Waals surface area contributed by atoms with Crippen LogP contribution in [0.5, 0.6) is 0 Å². The number of carboxylic acid groups (broad SMARTS) is 1. The van der Waals surface area contributed by atoms with Gasteiger partial charge in [-0.2, -0.15) is 8.78 Å². The molecule has 9 heteroatoms. The van der Waals surface area contributed by atoms with Gasteiger partial charge in [0.1, 0.15) is 12.6 Å². The third-order valence-corrected chi connectivity index (χ3v) is 7.17. The van der Waals surface area contributed by atoms with Crippen LogP contribution in [0.15, 0.2) is 48.5 Å². The molecule has 7 nitrogen and oxygen atoms in total. The van der Waals surface area contributed by atoms with Crippen LogP contribution in [-0.4, -0.2) is 48.2 Å². The number of alkyl halides is 2. The van der Waals surface area contributed by atoms with Gasteiger partial charge in [0.05, 0.1) is 5.92 Å². The van der Waals surface area contributed by atoms with Crippen molar-refractivity contribution in [3.8, 4) is 11.1 Å². The van der Waals surface area contributed by atoms with Crippen molar-refractivity contribution in [2.45, 2.75) is 37.1 Å². The summed E-state index contributed by atoms with van der Waals surface area (Å²) in [6.45, 7) is -0.152. The van der Waals surface area contributed by atoms with Gasteiger partial charge in [0.15, 0.2) is 0 Å². The number of nitrogens with one attached hydrogen (secondary N) is 2. The molecule has 0 aliphatic heterocycles. The molecule has 3 aliphatic carbocycles. The van der Waals surface area contributed by atoms with Gasteiger partial charge in [-0.25, -0.2) is 4.79 Å². The first-order valence-electron chi connectivity index (χ1n) is 11.8. The number of halogens is 2. The maximum atomic E-state index is 15.0. The number of carbonyl (C=O) groups is 3. The standard InChI is InChI=1S/C26H26F2N2O5/c27-26(28,24(33)29-12-15-11-20(15)23(31)32)22(14-9-10-14)30-25(34)35-13-21-18-7-3-1-5-16(18)17-6-2-4-8-19(17)21/h1-8,14-15,20-22H,9-13H2,(H,29,33)(H,30,34)(H,31,32). The molecule has 35 heavy (non-hydrogen) atoms. The van der Waals surface area contributed by atoms with Gasteiger partial charge in [-0.1, -0.05) is 48.5 Å². The summed E-state index contributed by atoms with van der Waals surface area (Å²) in [5.41, 5.74) is 4.11. The fourth-order valence-electron chi connectivity index (χ4n) is 4.96. The highest BCUT2D eigenvalue weighted by Crippen LogP contribution is 2.45. The van der Waals surface area contributed by atoms with Crippen molar-refractivity contribution in [2.24, 2.45) is 17.8 Å². The molecule has 2 saturated carbocycles. The zero-order valence-corrected chi connectivity index (χ0v) is 18.9. The van der Waals surface area contributed by atoms with Crippen molar-refractivity contribution in [3.05, 3.63) is 59.7 Å². The van der Waals surface area contributed by atoms with Crippen LogP contribution in [0.1, 0.15) is 36.3 Å². The van der Waals surface area contributed by atoms with Crippen LogP contribution >= 0.6 is 0 Å². The van der Waals surface area contributed by atoms with E-state index in [1.165, 1.54) is 0 Å². The predicted octanol–water partition coefficient (Wildman–Crippen LogP) is 3.78. The largest absolute Gasteiger partial charge is 0.481 e. The number of amides is 2. The Morgan fingerprint density at radius 2 is 1.63 bits per heavy atom. The van der Waals surface area contributed by atoms with E-state index in [9.17, 15) is 23.2 Å². The second kappa shape index (κ2) is 8.94. The normalized spacial score (nSPS) is 21.4. The highest BCUT2D eigenvalue weighted by Gasteiger charge is 2.55. The van der Waals surface area contributed by atoms with Gasteiger partial charge in [0.2, 0.25) is 0 Å². The number of benzene rings is 2. The Bertz CT molecular complexity index is 1120. The van der Waals surface area contributed by atoms with Gasteiger partial charge >= 0.3 is 18.0 Å². The molecule has 2 fully saturated rings. The number of alkyl carbamates (subject to hydrolysis) is 1. The Morgan fingerprint density at radius 1 is 1.03 bits per heavy atom. The van der Waals surface area contributed by atoms with Gasteiger partial charge in [0, 0.05) is 12.5 Å². The summed E-state index contributed by atoms with van der Waals surface area (Å²) in [6.07, 6.45) is 0.303. The topological polar surface area (TPSA) is 105 Å². The van der Waals surface area contributed by atoms with E-state index in [1.54, 1.807) is 0 Å². The first kappa shape index (κ1) is 23.3. The molecule has 0 bridgehead atoms. The van der Waals surface area contributed by atoms with Gasteiger partial charge in [0.25, 0.3) is 5.91 Å². The maximum absolute atomic E-state index is 15.0. The summed E-state index contributed by atoms with van der Waals surface area (Å²) in [6, 6.07) is 13.9. The van der Waals surface area contributed by atoms with E-state index in [2.05, 4.69) is 10.6 Å². The van der Waals surface area contributed by atoms with Crippen molar-refractivity contribution in [2.75, 3.05) is 13.2 Å². The third kappa shape index (κ3) is 4.59. The van der Waals surface area contributed by atoms with Crippen LogP contribution in [-0.2, 0) is 14.3 Å². The maximum Gasteiger partial charge on any atom is 0.407 e. The zero-order chi connectivity index (χ0) is 24.7. The molecule has 2 aromatic carbocycles. The number of rotatable bonds is 9. The van der Waals surface area contributed by atoms with Crippen LogP contribution in [0, 0.1) is 17.8 Å². The Balaban J connectivity index is 1.21. The van der Waals surface area contributed by atoms with Crippen molar-refractivity contribution in [1.29, 1.82) is 0 Å². The summed E-state index contributed by atoms with van der Waals surface area (Å²) in [5.74, 6) is -8.04. The van der Waals surface area contributed by atoms with E-state index >= 15 is 0 Å². The quantitative estimate of drug-likeness (QED) is 0.503. The smallest absolute Gasteiger partial charge is 0.407 e. The second-order valence-electron chi connectivity index (χ2n) is 9.56. The number of aliphatic carboxylic acids is 1. The van der Waals surface area contributed by atoms with Gasteiger partial charge in [-0.05, 0) is 53.4 Å². The number of carbonyl (C=O) groups excluding carboxylic acids is 2. The summed E-state index contributed by atoms with van der Waals surface area (Å²) in [7, 11) is 0. The lowest BCUT2D eigenvalue weighted by Gasteiger charge is -2.27. The highest BCUT2D eigenvalue weighted by atomic mass is 19.3. The van der Waals surface area contributed by atoms with E-state index in [1.807, 2.05) is 48.5 Å². The molecule has 184 valence electrons. The molecule has 3 unspecified atom stereocenters. The number of hydrogen-bond donors (Lipinski definition) is 3. The Labute approximate surface area is 200 Å². The number of hydrogen-bond acceptors (Lipinski definition) is 4. The fourth-order valence-corrected chi connectivity index (χ4v) is 4.96. The molecule has 0 aromatic heterocycles. The fraction of sp³-hybridized carbons (Fsp3) is 0.423. The van der Waals surface area contributed by atoms with Crippen LogP contribution < -0.4 is 10.6 Å². The minimum absolute atomic E-state index is 0.0206. The van der Waals surface area contributed by atoms with Crippen LogP contribution in [0.25, 0.3) is 11.1 Å². The molecule has 3 N–H and O–H groups in total. The summed E-state index contributed by atoms with van der Waals surface area (Å²) in [4.78, 5) is 35.7. The lowest BCUT2D eigenvalue weighted by Crippen LogP contribution is -2.57. The molecule has 3 atom stereocenters. The molecule has 0 spiro atoms. The summed E-state index contributed by atoms with van der Waals surface area (Å²) in [5, 5.41) is 13.3. The Hall–Kier alpha value is -3.49. The van der Waals surface area contributed by atoms with Gasteiger partial charge < -0.3 is 20.5 Å². The molecule has 0 radical (unpaired) electrons. The third-order valence-electron chi connectivity index (χ3n) is 7.17. The van der Waals surface area contributed by atoms with Gasteiger partial charge in [-0.3, -0.25) is 9.59 Å². The molecule has 5 rings (SSSR count). The van der Waals surface area contributed by atoms with E-state index < -0.39 is 41.8 Å².